The molecule has 0 saturated carbocycles. The maximum Gasteiger partial charge on any atom is 0.145 e. The van der Waals surface area contributed by atoms with Gasteiger partial charge in [-0.1, -0.05) is 0 Å². The lowest BCUT2D eigenvalue weighted by molar-refractivity contribution is 0.394. The fraction of sp³-hybridized carbons (Fsp3) is 0.158. The van der Waals surface area contributed by atoms with Crippen molar-refractivity contribution < 1.29 is 19.0 Å². The Morgan fingerprint density at radius 3 is 2.52 bits per heavy atom. The highest BCUT2D eigenvalue weighted by atomic mass is 19.1. The van der Waals surface area contributed by atoms with Crippen LogP contribution in [-0.2, 0) is 0 Å². The summed E-state index contributed by atoms with van der Waals surface area (Å²) in [5.74, 6) is 1.15. The molecule has 0 aliphatic carbocycles. The topological polar surface area (TPSA) is 94.5 Å². The van der Waals surface area contributed by atoms with E-state index in [4.69, 9.17) is 14.9 Å². The molecule has 0 fully saturated rings. The molecule has 4 rings (SSSR count). The number of aliphatic hydroxyl groups excluding tert-OH is 1. The van der Waals surface area contributed by atoms with E-state index in [9.17, 15) is 9.50 Å². The maximum atomic E-state index is 13.4. The van der Waals surface area contributed by atoms with Crippen LogP contribution in [0.2, 0.25) is 0 Å². The fourth-order valence-corrected chi connectivity index (χ4v) is 3.10. The van der Waals surface area contributed by atoms with Gasteiger partial charge in [0.25, 0.3) is 0 Å². The Kier molecular flexibility index (Phi) is 3.95. The number of anilines is 1. The number of H-pyrrole nitrogens is 1. The Morgan fingerprint density at radius 1 is 1.15 bits per heavy atom. The van der Waals surface area contributed by atoms with Crippen LogP contribution in [0.3, 0.4) is 0 Å². The lowest BCUT2D eigenvalue weighted by Gasteiger charge is -2.20. The lowest BCUT2D eigenvalue weighted by Crippen LogP contribution is -2.26. The Bertz CT molecular complexity index is 1070. The van der Waals surface area contributed by atoms with Crippen molar-refractivity contribution >= 4 is 28.1 Å². The molecule has 0 spiro atoms. The molecule has 3 aromatic rings. The summed E-state index contributed by atoms with van der Waals surface area (Å²) in [5.41, 5.74) is 1.97. The third-order valence-electron chi connectivity index (χ3n) is 4.43. The molecule has 3 N–H and O–H groups in total. The third kappa shape index (κ3) is 2.84. The van der Waals surface area contributed by atoms with Gasteiger partial charge in [0, 0.05) is 18.2 Å². The number of hydrogen-bond donors (Lipinski definition) is 3. The first kappa shape index (κ1) is 16.9. The zero-order valence-electron chi connectivity index (χ0n) is 14.7. The highest BCUT2D eigenvalue weighted by Gasteiger charge is 2.31. The molecule has 2 aromatic carbocycles. The lowest BCUT2D eigenvalue weighted by atomic mass is 10.2. The van der Waals surface area contributed by atoms with Gasteiger partial charge in [-0.2, -0.15) is 0 Å². The highest BCUT2D eigenvalue weighted by molar-refractivity contribution is 6.30. The number of aliphatic hydroxyl groups is 1. The molecule has 0 saturated heterocycles. The average molecular weight is 368 g/mol. The monoisotopic (exact) mass is 368 g/mol. The number of nitrogens with one attached hydrogen (secondary N) is 2. The largest absolute Gasteiger partial charge is 0.509 e. The van der Waals surface area contributed by atoms with E-state index < -0.39 is 0 Å². The molecule has 0 amide bonds. The SMILES string of the molecule is COc1cc(OC)cc(N2CC(O)=C(c3nc4ccc(F)cc4[nH]3)C2=N)c1. The van der Waals surface area contributed by atoms with Gasteiger partial charge in [-0.3, -0.25) is 5.41 Å². The number of aromatic nitrogens is 2. The number of fused-ring (bicyclic) bond motifs is 1. The molecule has 2 heterocycles. The Labute approximate surface area is 154 Å². The average Bonchev–Trinajstić information content (AvgIpc) is 3.20. The fourth-order valence-electron chi connectivity index (χ4n) is 3.10. The van der Waals surface area contributed by atoms with Gasteiger partial charge in [-0.15, -0.1) is 0 Å². The summed E-state index contributed by atoms with van der Waals surface area (Å²) in [4.78, 5) is 8.96. The molecule has 0 radical (unpaired) electrons. The van der Waals surface area contributed by atoms with Crippen LogP contribution in [0.4, 0.5) is 10.1 Å². The smallest absolute Gasteiger partial charge is 0.145 e. The van der Waals surface area contributed by atoms with E-state index in [0.717, 1.165) is 0 Å². The zero-order valence-corrected chi connectivity index (χ0v) is 14.7. The van der Waals surface area contributed by atoms with E-state index in [0.29, 0.717) is 34.0 Å². The number of aromatic amines is 1. The zero-order chi connectivity index (χ0) is 19.1. The van der Waals surface area contributed by atoms with Crippen LogP contribution >= 0.6 is 0 Å². The van der Waals surface area contributed by atoms with Gasteiger partial charge in [0.05, 0.1) is 43.1 Å². The molecule has 27 heavy (non-hydrogen) atoms. The van der Waals surface area contributed by atoms with Crippen molar-refractivity contribution in [1.82, 2.24) is 9.97 Å². The summed E-state index contributed by atoms with van der Waals surface area (Å²) in [6.45, 7) is 0.107. The minimum atomic E-state index is -0.387. The standard InChI is InChI=1S/C19H17FN4O3/c1-26-12-6-11(7-13(8-12)27-2)24-9-16(25)17(18(24)21)19-22-14-4-3-10(20)5-15(14)23-19/h3-8,21,25H,9H2,1-2H3,(H,22,23). The van der Waals surface area contributed by atoms with Gasteiger partial charge in [-0.05, 0) is 18.2 Å². The number of rotatable bonds is 4. The number of benzene rings is 2. The molecular weight excluding hydrogens is 351 g/mol. The first-order valence-corrected chi connectivity index (χ1v) is 8.17. The van der Waals surface area contributed by atoms with Crippen LogP contribution in [-0.4, -0.2) is 41.7 Å². The number of imidazole rings is 1. The first-order valence-electron chi connectivity index (χ1n) is 8.17. The van der Waals surface area contributed by atoms with E-state index in [2.05, 4.69) is 9.97 Å². The number of nitrogens with zero attached hydrogens (tertiary/aromatic N) is 2. The minimum absolute atomic E-state index is 0.00122. The summed E-state index contributed by atoms with van der Waals surface area (Å²) in [7, 11) is 3.09. The predicted octanol–water partition coefficient (Wildman–Crippen LogP) is 3.49. The van der Waals surface area contributed by atoms with Gasteiger partial charge in [0.15, 0.2) is 0 Å². The molecule has 0 unspecified atom stereocenters. The molecule has 1 aliphatic heterocycles. The van der Waals surface area contributed by atoms with Crippen molar-refractivity contribution in [2.24, 2.45) is 0 Å². The number of methoxy groups -OCH3 is 2. The van der Waals surface area contributed by atoms with E-state index >= 15 is 0 Å². The van der Waals surface area contributed by atoms with Crippen LogP contribution in [0.25, 0.3) is 16.6 Å². The quantitative estimate of drug-likeness (QED) is 0.655. The van der Waals surface area contributed by atoms with Crippen molar-refractivity contribution in [3.05, 3.63) is 53.8 Å². The van der Waals surface area contributed by atoms with Crippen LogP contribution in [0.5, 0.6) is 11.5 Å². The van der Waals surface area contributed by atoms with Crippen molar-refractivity contribution in [2.75, 3.05) is 25.7 Å². The van der Waals surface area contributed by atoms with E-state index in [1.807, 2.05) is 0 Å². The summed E-state index contributed by atoms with van der Waals surface area (Å²) in [5, 5.41) is 19.0. The van der Waals surface area contributed by atoms with Crippen molar-refractivity contribution in [1.29, 1.82) is 5.41 Å². The van der Waals surface area contributed by atoms with Crippen molar-refractivity contribution in [3.63, 3.8) is 0 Å². The van der Waals surface area contributed by atoms with Gasteiger partial charge in [0.1, 0.15) is 34.7 Å². The molecular formula is C19H17FN4O3. The van der Waals surface area contributed by atoms with Crippen LogP contribution in [0.15, 0.2) is 42.2 Å². The number of amidine groups is 1. The maximum absolute atomic E-state index is 13.4. The molecule has 7 nitrogen and oxygen atoms in total. The van der Waals surface area contributed by atoms with E-state index in [-0.39, 0.29) is 29.5 Å². The molecule has 0 bridgehead atoms. The minimum Gasteiger partial charge on any atom is -0.509 e. The second-order valence-electron chi connectivity index (χ2n) is 6.07. The van der Waals surface area contributed by atoms with Crippen molar-refractivity contribution in [2.45, 2.75) is 0 Å². The number of ether oxygens (including phenoxy) is 2. The summed E-state index contributed by atoms with van der Waals surface area (Å²) >= 11 is 0. The molecule has 138 valence electrons. The summed E-state index contributed by atoms with van der Waals surface area (Å²) in [6.07, 6.45) is 0. The second kappa shape index (κ2) is 6.31. The molecule has 1 aliphatic rings. The van der Waals surface area contributed by atoms with E-state index in [1.165, 1.54) is 12.1 Å². The second-order valence-corrected chi connectivity index (χ2v) is 6.07. The Morgan fingerprint density at radius 2 is 1.85 bits per heavy atom. The molecule has 0 atom stereocenters. The third-order valence-corrected chi connectivity index (χ3v) is 4.43. The van der Waals surface area contributed by atoms with Crippen LogP contribution in [0, 0.1) is 11.2 Å². The van der Waals surface area contributed by atoms with Gasteiger partial charge in [-0.25, -0.2) is 9.37 Å². The molecule has 8 heteroatoms. The van der Waals surface area contributed by atoms with Crippen LogP contribution in [0.1, 0.15) is 5.82 Å². The summed E-state index contributed by atoms with van der Waals surface area (Å²) < 4.78 is 24.0. The van der Waals surface area contributed by atoms with Gasteiger partial charge < -0.3 is 24.5 Å². The Balaban J connectivity index is 1.72. The predicted molar refractivity (Wildman–Crippen MR) is 100 cm³/mol. The van der Waals surface area contributed by atoms with Crippen molar-refractivity contribution in [3.8, 4) is 11.5 Å². The molecule has 1 aromatic heterocycles. The number of hydrogen-bond acceptors (Lipinski definition) is 5. The highest BCUT2D eigenvalue weighted by Crippen LogP contribution is 2.34. The first-order chi connectivity index (χ1) is 13.0. The number of halogens is 1. The van der Waals surface area contributed by atoms with Gasteiger partial charge in [0.2, 0.25) is 0 Å². The van der Waals surface area contributed by atoms with Gasteiger partial charge >= 0.3 is 0 Å². The van der Waals surface area contributed by atoms with Crippen LogP contribution < -0.4 is 14.4 Å². The Hall–Kier alpha value is -3.55. The van der Waals surface area contributed by atoms with E-state index in [1.54, 1.807) is 43.4 Å². The normalized spacial score (nSPS) is 14.3. The summed E-state index contributed by atoms with van der Waals surface area (Å²) in [6, 6.07) is 9.42.